The average Bonchev–Trinajstić information content (AvgIpc) is 2.89. The van der Waals surface area contributed by atoms with Gasteiger partial charge in [-0.05, 0) is 25.0 Å². The van der Waals surface area contributed by atoms with Crippen LogP contribution in [0.1, 0.15) is 29.1 Å². The summed E-state index contributed by atoms with van der Waals surface area (Å²) < 4.78 is 6.23. The van der Waals surface area contributed by atoms with Gasteiger partial charge in [0.15, 0.2) is 0 Å². The highest BCUT2D eigenvalue weighted by atomic mass is 35.5. The first-order valence-electron chi connectivity index (χ1n) is 6.03. The van der Waals surface area contributed by atoms with Gasteiger partial charge in [-0.25, -0.2) is 4.79 Å². The molecule has 20 heavy (non-hydrogen) atoms. The Morgan fingerprint density at radius 2 is 2.05 bits per heavy atom. The standard InChI is InChI=1S/C13H13Cl2NO2S2/c1-3-6-9(16)11(13(17)18-4-2)20-10(6)7-5-8(14)19-12(7)15/h5H,3-4,16H2,1-2H3. The van der Waals surface area contributed by atoms with Crippen molar-refractivity contribution in [3.63, 3.8) is 0 Å². The number of rotatable bonds is 4. The Bertz CT molecular complexity index is 649. The first kappa shape index (κ1) is 15.6. The van der Waals surface area contributed by atoms with Gasteiger partial charge < -0.3 is 10.5 Å². The molecule has 0 atom stereocenters. The summed E-state index contributed by atoms with van der Waals surface area (Å²) in [6, 6.07) is 1.80. The molecule has 0 saturated heterocycles. The third-order valence-electron chi connectivity index (χ3n) is 2.76. The molecular weight excluding hydrogens is 337 g/mol. The van der Waals surface area contributed by atoms with Crippen LogP contribution in [-0.4, -0.2) is 12.6 Å². The van der Waals surface area contributed by atoms with Crippen LogP contribution >= 0.6 is 45.9 Å². The van der Waals surface area contributed by atoms with Crippen LogP contribution < -0.4 is 5.73 Å². The van der Waals surface area contributed by atoms with Gasteiger partial charge in [-0.3, -0.25) is 0 Å². The van der Waals surface area contributed by atoms with E-state index in [9.17, 15) is 4.79 Å². The molecule has 2 aromatic heterocycles. The van der Waals surface area contributed by atoms with E-state index in [0.29, 0.717) is 32.3 Å². The second-order valence-electron chi connectivity index (χ2n) is 3.96. The summed E-state index contributed by atoms with van der Waals surface area (Å²) in [7, 11) is 0. The van der Waals surface area contributed by atoms with E-state index in [2.05, 4.69) is 0 Å². The molecule has 0 amide bonds. The molecule has 0 unspecified atom stereocenters. The molecule has 0 aliphatic carbocycles. The van der Waals surface area contributed by atoms with Gasteiger partial charge in [-0.1, -0.05) is 30.1 Å². The number of thiophene rings is 2. The van der Waals surface area contributed by atoms with Gasteiger partial charge in [0.05, 0.1) is 16.6 Å². The molecule has 0 bridgehead atoms. The molecule has 7 heteroatoms. The fourth-order valence-electron chi connectivity index (χ4n) is 1.89. The van der Waals surface area contributed by atoms with Gasteiger partial charge in [0, 0.05) is 10.4 Å². The van der Waals surface area contributed by atoms with Crippen LogP contribution in [0.2, 0.25) is 8.67 Å². The minimum Gasteiger partial charge on any atom is -0.462 e. The lowest BCUT2D eigenvalue weighted by Crippen LogP contribution is -2.05. The molecule has 2 aromatic rings. The van der Waals surface area contributed by atoms with Crippen LogP contribution in [-0.2, 0) is 11.2 Å². The summed E-state index contributed by atoms with van der Waals surface area (Å²) in [5, 5.41) is 0. The molecule has 0 aliphatic rings. The van der Waals surface area contributed by atoms with E-state index >= 15 is 0 Å². The van der Waals surface area contributed by atoms with Crippen molar-refractivity contribution in [2.75, 3.05) is 12.3 Å². The first-order valence-corrected chi connectivity index (χ1v) is 8.41. The Hall–Kier alpha value is -0.750. The van der Waals surface area contributed by atoms with Gasteiger partial charge in [0.2, 0.25) is 0 Å². The summed E-state index contributed by atoms with van der Waals surface area (Å²) in [6.45, 7) is 4.07. The minimum absolute atomic E-state index is 0.317. The molecule has 0 aliphatic heterocycles. The second-order valence-corrected chi connectivity index (χ2v) is 7.27. The van der Waals surface area contributed by atoms with Crippen molar-refractivity contribution in [3.8, 4) is 10.4 Å². The summed E-state index contributed by atoms with van der Waals surface area (Å²) in [4.78, 5) is 13.2. The Kier molecular flexibility index (Phi) is 4.96. The van der Waals surface area contributed by atoms with E-state index in [1.54, 1.807) is 13.0 Å². The second kappa shape index (κ2) is 6.35. The number of carbonyl (C=O) groups excluding carboxylic acids is 1. The lowest BCUT2D eigenvalue weighted by molar-refractivity contribution is 0.0533. The van der Waals surface area contributed by atoms with Crippen LogP contribution in [0.15, 0.2) is 6.07 Å². The maximum Gasteiger partial charge on any atom is 0.350 e. The number of hydrogen-bond acceptors (Lipinski definition) is 5. The molecule has 0 spiro atoms. The van der Waals surface area contributed by atoms with Crippen molar-refractivity contribution >= 4 is 57.5 Å². The molecule has 2 N–H and O–H groups in total. The Morgan fingerprint density at radius 1 is 1.35 bits per heavy atom. The Labute approximate surface area is 135 Å². The number of anilines is 1. The van der Waals surface area contributed by atoms with Crippen molar-refractivity contribution in [1.29, 1.82) is 0 Å². The molecule has 3 nitrogen and oxygen atoms in total. The highest BCUT2D eigenvalue weighted by Crippen LogP contribution is 2.46. The number of halogens is 2. The zero-order valence-corrected chi connectivity index (χ0v) is 14.1. The summed E-state index contributed by atoms with van der Waals surface area (Å²) >= 11 is 14.8. The maximum atomic E-state index is 11.9. The van der Waals surface area contributed by atoms with Crippen LogP contribution in [0.5, 0.6) is 0 Å². The number of ether oxygens (including phenoxy) is 1. The van der Waals surface area contributed by atoms with E-state index in [1.165, 1.54) is 22.7 Å². The molecule has 0 aromatic carbocycles. The van der Waals surface area contributed by atoms with E-state index in [0.717, 1.165) is 16.0 Å². The first-order chi connectivity index (χ1) is 9.49. The third-order valence-corrected chi connectivity index (χ3v) is 5.51. The van der Waals surface area contributed by atoms with E-state index in [1.807, 2.05) is 6.92 Å². The monoisotopic (exact) mass is 349 g/mol. The molecule has 2 rings (SSSR count). The lowest BCUT2D eigenvalue weighted by atomic mass is 10.1. The minimum atomic E-state index is -0.395. The quantitative estimate of drug-likeness (QED) is 0.780. The summed E-state index contributed by atoms with van der Waals surface area (Å²) in [6.07, 6.45) is 0.709. The zero-order valence-electron chi connectivity index (χ0n) is 11.0. The van der Waals surface area contributed by atoms with Crippen molar-refractivity contribution in [2.24, 2.45) is 0 Å². The number of nitrogen functional groups attached to an aromatic ring is 1. The van der Waals surface area contributed by atoms with Crippen molar-refractivity contribution in [1.82, 2.24) is 0 Å². The Balaban J connectivity index is 2.56. The van der Waals surface area contributed by atoms with Gasteiger partial charge in [-0.2, -0.15) is 0 Å². The predicted molar refractivity (Wildman–Crippen MR) is 87.4 cm³/mol. The SMILES string of the molecule is CCOC(=O)c1sc(-c2cc(Cl)sc2Cl)c(CC)c1N. The number of esters is 1. The molecule has 2 heterocycles. The smallest absolute Gasteiger partial charge is 0.350 e. The third kappa shape index (κ3) is 2.81. The maximum absolute atomic E-state index is 11.9. The van der Waals surface area contributed by atoms with Gasteiger partial charge in [0.25, 0.3) is 0 Å². The van der Waals surface area contributed by atoms with Crippen molar-refractivity contribution in [2.45, 2.75) is 20.3 Å². The topological polar surface area (TPSA) is 52.3 Å². The molecule has 0 saturated carbocycles. The van der Waals surface area contributed by atoms with Gasteiger partial charge in [-0.15, -0.1) is 22.7 Å². The molecular formula is C13H13Cl2NO2S2. The van der Waals surface area contributed by atoms with Crippen LogP contribution in [0.3, 0.4) is 0 Å². The highest BCUT2D eigenvalue weighted by molar-refractivity contribution is 7.22. The van der Waals surface area contributed by atoms with Crippen molar-refractivity contribution < 1.29 is 9.53 Å². The molecule has 0 fully saturated rings. The van der Waals surface area contributed by atoms with Crippen molar-refractivity contribution in [3.05, 3.63) is 25.2 Å². The number of hydrogen-bond donors (Lipinski definition) is 1. The van der Waals surface area contributed by atoms with Gasteiger partial charge in [0.1, 0.15) is 9.21 Å². The predicted octanol–water partition coefficient (Wildman–Crippen LogP) is 5.10. The number of carbonyl (C=O) groups is 1. The zero-order chi connectivity index (χ0) is 14.9. The highest BCUT2D eigenvalue weighted by Gasteiger charge is 2.23. The molecule has 0 radical (unpaired) electrons. The summed E-state index contributed by atoms with van der Waals surface area (Å²) in [5.41, 5.74) is 8.29. The van der Waals surface area contributed by atoms with E-state index < -0.39 is 5.97 Å². The van der Waals surface area contributed by atoms with E-state index in [4.69, 9.17) is 33.7 Å². The Morgan fingerprint density at radius 3 is 2.55 bits per heavy atom. The van der Waals surface area contributed by atoms with Crippen LogP contribution in [0, 0.1) is 0 Å². The normalized spacial score (nSPS) is 10.8. The van der Waals surface area contributed by atoms with Crippen LogP contribution in [0.25, 0.3) is 10.4 Å². The average molecular weight is 350 g/mol. The summed E-state index contributed by atoms with van der Waals surface area (Å²) in [5.74, 6) is -0.395. The fraction of sp³-hybridized carbons (Fsp3) is 0.308. The lowest BCUT2D eigenvalue weighted by Gasteiger charge is -2.01. The molecule has 108 valence electrons. The van der Waals surface area contributed by atoms with Gasteiger partial charge >= 0.3 is 5.97 Å². The largest absolute Gasteiger partial charge is 0.462 e. The van der Waals surface area contributed by atoms with E-state index in [-0.39, 0.29) is 0 Å². The fourth-order valence-corrected chi connectivity index (χ4v) is 4.71. The number of nitrogens with two attached hydrogens (primary N) is 1. The van der Waals surface area contributed by atoms with Crippen LogP contribution in [0.4, 0.5) is 5.69 Å².